The molecule has 0 aliphatic carbocycles. The molecule has 0 saturated carbocycles. The van der Waals surface area contributed by atoms with Gasteiger partial charge in [0.15, 0.2) is 17.9 Å². The summed E-state index contributed by atoms with van der Waals surface area (Å²) in [6.45, 7) is 20.6. The van der Waals surface area contributed by atoms with Crippen LogP contribution in [0.15, 0.2) is 62.2 Å². The van der Waals surface area contributed by atoms with Gasteiger partial charge in [-0.15, -0.1) is 19.7 Å². The highest BCUT2D eigenvalue weighted by Gasteiger charge is 2.58. The average Bonchev–Trinajstić information content (AvgIpc) is 3.47. The fourth-order valence-electron chi connectivity index (χ4n) is 6.01. The van der Waals surface area contributed by atoms with Crippen molar-refractivity contribution in [1.29, 1.82) is 0 Å². The first-order valence-corrected chi connectivity index (χ1v) is 16.8. The summed E-state index contributed by atoms with van der Waals surface area (Å²) in [4.78, 5) is 0. The van der Waals surface area contributed by atoms with Gasteiger partial charge in [-0.05, 0) is 63.4 Å². The zero-order valence-corrected chi connectivity index (χ0v) is 24.7. The maximum Gasteiger partial charge on any atom is 0.190 e. The van der Waals surface area contributed by atoms with Gasteiger partial charge in [0.1, 0.15) is 24.4 Å². The Kier molecular flexibility index (Phi) is 9.51. The highest BCUT2D eigenvalue weighted by molar-refractivity contribution is 6.81. The second-order valence-electron chi connectivity index (χ2n) is 11.9. The van der Waals surface area contributed by atoms with Gasteiger partial charge < -0.3 is 28.4 Å². The monoisotopic (exact) mass is 542 g/mol. The molecule has 5 atom stereocenters. The van der Waals surface area contributed by atoms with E-state index in [1.807, 2.05) is 27.7 Å². The van der Waals surface area contributed by atoms with Crippen molar-refractivity contribution >= 4 is 8.07 Å². The van der Waals surface area contributed by atoms with Crippen molar-refractivity contribution in [2.75, 3.05) is 6.61 Å². The SMILES string of the molecule is C=CC[Si](CC=C)(CC=C)CCCc1ccc(CO[C@@H]2[C@H]3OC(C)(C)O[C@H]3O[C@@H]2C2COC(C)(C)O2)cc1. The molecular weight excluding hydrogens is 496 g/mol. The van der Waals surface area contributed by atoms with Gasteiger partial charge >= 0.3 is 0 Å². The first-order valence-electron chi connectivity index (χ1n) is 13.9. The smallest absolute Gasteiger partial charge is 0.190 e. The Balaban J connectivity index is 1.34. The second kappa shape index (κ2) is 12.3. The van der Waals surface area contributed by atoms with Gasteiger partial charge in [-0.2, -0.15) is 0 Å². The van der Waals surface area contributed by atoms with E-state index < -0.39 is 25.9 Å². The van der Waals surface area contributed by atoms with E-state index in [0.29, 0.717) is 13.2 Å². The lowest BCUT2D eigenvalue weighted by Crippen LogP contribution is -2.44. The molecule has 3 aliphatic rings. The van der Waals surface area contributed by atoms with Gasteiger partial charge in [0.05, 0.1) is 21.3 Å². The number of allylic oxidation sites excluding steroid dienone is 3. The minimum Gasteiger partial charge on any atom is -0.368 e. The van der Waals surface area contributed by atoms with Crippen LogP contribution in [0, 0.1) is 0 Å². The molecule has 3 fully saturated rings. The molecule has 1 aromatic rings. The zero-order chi connectivity index (χ0) is 27.4. The van der Waals surface area contributed by atoms with Crippen LogP contribution in [0.3, 0.4) is 0 Å². The number of hydrogen-bond donors (Lipinski definition) is 0. The van der Waals surface area contributed by atoms with E-state index in [2.05, 4.69) is 62.2 Å². The second-order valence-corrected chi connectivity index (χ2v) is 16.6. The molecule has 3 aliphatic heterocycles. The van der Waals surface area contributed by atoms with Crippen LogP contribution in [-0.4, -0.2) is 57.0 Å². The highest BCUT2D eigenvalue weighted by atomic mass is 28.3. The summed E-state index contributed by atoms with van der Waals surface area (Å²) in [5.41, 5.74) is 2.47. The molecular formula is C31H46O6Si. The summed E-state index contributed by atoms with van der Waals surface area (Å²) >= 11 is 0. The van der Waals surface area contributed by atoms with Crippen LogP contribution < -0.4 is 0 Å². The van der Waals surface area contributed by atoms with Gasteiger partial charge in [-0.25, -0.2) is 0 Å². The van der Waals surface area contributed by atoms with E-state index in [4.69, 9.17) is 28.4 Å². The van der Waals surface area contributed by atoms with Crippen LogP contribution in [0.25, 0.3) is 0 Å². The first kappa shape index (κ1) is 29.4. The molecule has 0 bridgehead atoms. The quantitative estimate of drug-likeness (QED) is 0.197. The lowest BCUT2D eigenvalue weighted by atomic mass is 10.1. The maximum atomic E-state index is 6.45. The van der Waals surface area contributed by atoms with Crippen LogP contribution in [0.4, 0.5) is 0 Å². The predicted molar refractivity (Wildman–Crippen MR) is 153 cm³/mol. The van der Waals surface area contributed by atoms with Gasteiger partial charge in [-0.1, -0.05) is 55.0 Å². The fraction of sp³-hybridized carbons (Fsp3) is 0.613. The van der Waals surface area contributed by atoms with Gasteiger partial charge in [0, 0.05) is 0 Å². The lowest BCUT2D eigenvalue weighted by molar-refractivity contribution is -0.236. The molecule has 4 rings (SSSR count). The van der Waals surface area contributed by atoms with E-state index in [9.17, 15) is 0 Å². The van der Waals surface area contributed by atoms with Gasteiger partial charge in [0.25, 0.3) is 0 Å². The molecule has 0 aromatic heterocycles. The number of hydrogen-bond acceptors (Lipinski definition) is 6. The third-order valence-electron chi connectivity index (χ3n) is 7.79. The Morgan fingerprint density at radius 3 is 2.08 bits per heavy atom. The van der Waals surface area contributed by atoms with Crippen molar-refractivity contribution in [3.05, 3.63) is 73.4 Å². The van der Waals surface area contributed by atoms with Crippen LogP contribution in [0.5, 0.6) is 0 Å². The molecule has 3 heterocycles. The van der Waals surface area contributed by atoms with Gasteiger partial charge in [-0.3, -0.25) is 0 Å². The molecule has 38 heavy (non-hydrogen) atoms. The van der Waals surface area contributed by atoms with E-state index in [0.717, 1.165) is 30.1 Å². The average molecular weight is 543 g/mol. The number of ether oxygens (including phenoxy) is 6. The Hall–Kier alpha value is -1.58. The Morgan fingerprint density at radius 2 is 1.50 bits per heavy atom. The number of aryl methyl sites for hydroxylation is 1. The van der Waals surface area contributed by atoms with Crippen molar-refractivity contribution in [1.82, 2.24) is 0 Å². The van der Waals surface area contributed by atoms with Crippen molar-refractivity contribution < 1.29 is 28.4 Å². The summed E-state index contributed by atoms with van der Waals surface area (Å²) in [5, 5.41) is 0. The minimum atomic E-state index is -1.46. The standard InChI is InChI=1S/C31H46O6Si/c1-8-17-38(18-9-2,19-10-3)20-11-12-23-13-15-24(16-14-23)21-32-27-26(25-22-33-30(4,5)35-25)34-29-28(27)36-31(6,7)37-29/h8-10,13-16,25-29H,1-3,11-12,17-22H2,4-7H3/t25?,26-,27+,28-,29-/m1/s1. The summed E-state index contributed by atoms with van der Waals surface area (Å²) < 4.78 is 36.8. The van der Waals surface area contributed by atoms with Crippen LogP contribution in [-0.2, 0) is 41.4 Å². The zero-order valence-electron chi connectivity index (χ0n) is 23.7. The first-order chi connectivity index (χ1) is 18.1. The van der Waals surface area contributed by atoms with Crippen LogP contribution in [0.2, 0.25) is 24.2 Å². The summed E-state index contributed by atoms with van der Waals surface area (Å²) in [5.74, 6) is -1.35. The van der Waals surface area contributed by atoms with Crippen molar-refractivity contribution in [3.63, 3.8) is 0 Å². The Labute approximate surface area is 230 Å². The Morgan fingerprint density at radius 1 is 0.868 bits per heavy atom. The maximum absolute atomic E-state index is 6.45. The van der Waals surface area contributed by atoms with Crippen molar-refractivity contribution in [2.24, 2.45) is 0 Å². The van der Waals surface area contributed by atoms with Crippen LogP contribution in [0.1, 0.15) is 45.2 Å². The largest absolute Gasteiger partial charge is 0.368 e. The summed E-state index contributed by atoms with van der Waals surface area (Å²) in [6, 6.07) is 13.4. The molecule has 0 radical (unpaired) electrons. The third kappa shape index (κ3) is 7.13. The third-order valence-corrected chi connectivity index (χ3v) is 12.7. The van der Waals surface area contributed by atoms with E-state index >= 15 is 0 Å². The van der Waals surface area contributed by atoms with Crippen molar-refractivity contribution in [2.45, 2.75) is 114 Å². The number of benzene rings is 1. The Bertz CT molecular complexity index is 931. The summed E-state index contributed by atoms with van der Waals surface area (Å²) in [7, 11) is -1.46. The predicted octanol–water partition coefficient (Wildman–Crippen LogP) is 6.54. The molecule has 0 spiro atoms. The fourth-order valence-corrected chi connectivity index (χ4v) is 9.88. The van der Waals surface area contributed by atoms with Crippen molar-refractivity contribution in [3.8, 4) is 0 Å². The van der Waals surface area contributed by atoms with Gasteiger partial charge in [0.2, 0.25) is 0 Å². The molecule has 210 valence electrons. The molecule has 1 aromatic carbocycles. The molecule has 7 heteroatoms. The van der Waals surface area contributed by atoms with E-state index in [-0.39, 0.29) is 24.4 Å². The molecule has 6 nitrogen and oxygen atoms in total. The number of rotatable bonds is 14. The molecule has 0 N–H and O–H groups in total. The minimum absolute atomic E-state index is 0.239. The number of fused-ring (bicyclic) bond motifs is 1. The normalized spacial score (nSPS) is 29.7. The lowest BCUT2D eigenvalue weighted by Gasteiger charge is -2.29. The van der Waals surface area contributed by atoms with E-state index in [1.54, 1.807) is 0 Å². The molecule has 1 unspecified atom stereocenters. The summed E-state index contributed by atoms with van der Waals surface area (Å²) in [6.07, 6.45) is 6.84. The van der Waals surface area contributed by atoms with E-state index in [1.165, 1.54) is 18.0 Å². The molecule has 3 saturated heterocycles. The highest BCUT2D eigenvalue weighted by Crippen LogP contribution is 2.42. The topological polar surface area (TPSA) is 55.4 Å². The van der Waals surface area contributed by atoms with Crippen LogP contribution >= 0.6 is 0 Å². The molecule has 0 amide bonds.